The first kappa shape index (κ1) is 23.9. The van der Waals surface area contributed by atoms with Gasteiger partial charge in [-0.2, -0.15) is 0 Å². The van der Waals surface area contributed by atoms with Crippen LogP contribution in [-0.4, -0.2) is 18.7 Å². The highest BCUT2D eigenvalue weighted by Gasteiger charge is 2.36. The van der Waals surface area contributed by atoms with Gasteiger partial charge in [-0.3, -0.25) is 4.79 Å². The molecule has 0 heterocycles. The molecule has 0 aromatic heterocycles. The molecule has 3 nitrogen and oxygen atoms in total. The zero-order chi connectivity index (χ0) is 25.0. The quantitative estimate of drug-likeness (QED) is 0.263. The van der Waals surface area contributed by atoms with Crippen molar-refractivity contribution < 1.29 is 9.53 Å². The van der Waals surface area contributed by atoms with Crippen LogP contribution in [0.4, 0.5) is 0 Å². The van der Waals surface area contributed by atoms with E-state index >= 15 is 0 Å². The molecule has 0 aliphatic heterocycles. The highest BCUT2D eigenvalue weighted by atomic mass is 79.9. The molecule has 0 spiro atoms. The van der Waals surface area contributed by atoms with Gasteiger partial charge in [0.1, 0.15) is 5.60 Å². The first-order valence-electron chi connectivity index (χ1n) is 11.7. The molecule has 1 aliphatic rings. The Balaban J connectivity index is 1.77. The summed E-state index contributed by atoms with van der Waals surface area (Å²) in [6.45, 7) is 0. The van der Waals surface area contributed by atoms with Crippen molar-refractivity contribution in [1.82, 2.24) is 0 Å². The van der Waals surface area contributed by atoms with Gasteiger partial charge in [0.05, 0.1) is 5.71 Å². The first-order chi connectivity index (χ1) is 17.6. The predicted octanol–water partition coefficient (Wildman–Crippen LogP) is 7.75. The molecule has 0 saturated carbocycles. The van der Waals surface area contributed by atoms with E-state index in [1.807, 2.05) is 91.0 Å². The molecule has 0 fully saturated rings. The van der Waals surface area contributed by atoms with Crippen molar-refractivity contribution in [3.8, 4) is 0 Å². The number of benzene rings is 4. The lowest BCUT2D eigenvalue weighted by Gasteiger charge is -2.34. The Kier molecular flexibility index (Phi) is 6.90. The van der Waals surface area contributed by atoms with Crippen LogP contribution < -0.4 is 0 Å². The molecule has 0 bridgehead atoms. The Morgan fingerprint density at radius 3 is 1.64 bits per heavy atom. The van der Waals surface area contributed by atoms with Crippen molar-refractivity contribution in [3.63, 3.8) is 0 Å². The van der Waals surface area contributed by atoms with E-state index in [9.17, 15) is 4.79 Å². The summed E-state index contributed by atoms with van der Waals surface area (Å²) >= 11 is 3.44. The van der Waals surface area contributed by atoms with Crippen LogP contribution in [-0.2, 0) is 10.3 Å². The fraction of sp³-hybridized carbons (Fsp3) is 0.0625. The van der Waals surface area contributed by atoms with Crippen molar-refractivity contribution >= 4 is 38.7 Å². The maximum absolute atomic E-state index is 13.4. The van der Waals surface area contributed by atoms with E-state index in [1.165, 1.54) is 0 Å². The lowest BCUT2D eigenvalue weighted by Crippen LogP contribution is -2.30. The third kappa shape index (κ3) is 4.78. The number of hydrogen-bond donors (Lipinski definition) is 0. The van der Waals surface area contributed by atoms with Gasteiger partial charge in [0, 0.05) is 28.3 Å². The number of rotatable bonds is 5. The van der Waals surface area contributed by atoms with E-state index in [-0.39, 0.29) is 5.91 Å². The standard InChI is InChI=1S/C32H24BrNO2/c1-36-32(26-15-9-4-10-16-26)21-28(23-11-5-2-6-12-23)30(29(22-32)24-13-7-3-8-14-24)34-31(35)25-17-19-27(33)20-18-25/h2-22H,1H3. The van der Waals surface area contributed by atoms with Gasteiger partial charge in [0.2, 0.25) is 0 Å². The average molecular weight is 534 g/mol. The van der Waals surface area contributed by atoms with Gasteiger partial charge in [-0.1, -0.05) is 107 Å². The van der Waals surface area contributed by atoms with Crippen LogP contribution in [0.1, 0.15) is 27.0 Å². The Labute approximate surface area is 219 Å². The minimum atomic E-state index is -0.836. The largest absolute Gasteiger partial charge is 0.365 e. The van der Waals surface area contributed by atoms with Crippen molar-refractivity contribution in [1.29, 1.82) is 0 Å². The minimum Gasteiger partial charge on any atom is -0.365 e. The Morgan fingerprint density at radius 1 is 0.694 bits per heavy atom. The van der Waals surface area contributed by atoms with E-state index in [2.05, 4.69) is 40.2 Å². The molecule has 4 aromatic carbocycles. The number of methoxy groups -OCH3 is 1. The summed E-state index contributed by atoms with van der Waals surface area (Å²) in [5, 5.41) is 0. The van der Waals surface area contributed by atoms with Crippen LogP contribution >= 0.6 is 15.9 Å². The molecule has 0 saturated heterocycles. The molecule has 4 aromatic rings. The van der Waals surface area contributed by atoms with Crippen LogP contribution in [0.5, 0.6) is 0 Å². The summed E-state index contributed by atoms with van der Waals surface area (Å²) in [5.41, 5.74) is 4.89. The highest BCUT2D eigenvalue weighted by molar-refractivity contribution is 9.10. The molecule has 0 radical (unpaired) electrons. The molecule has 36 heavy (non-hydrogen) atoms. The summed E-state index contributed by atoms with van der Waals surface area (Å²) in [6.07, 6.45) is 4.13. The molecule has 5 rings (SSSR count). The fourth-order valence-corrected chi connectivity index (χ4v) is 4.67. The monoisotopic (exact) mass is 533 g/mol. The topological polar surface area (TPSA) is 38.7 Å². The third-order valence-corrected chi connectivity index (χ3v) is 6.79. The van der Waals surface area contributed by atoms with Crippen LogP contribution in [0.25, 0.3) is 11.1 Å². The second kappa shape index (κ2) is 10.4. The molecule has 4 heteroatoms. The summed E-state index contributed by atoms with van der Waals surface area (Å²) in [5.74, 6) is -0.300. The fourth-order valence-electron chi connectivity index (χ4n) is 4.41. The minimum absolute atomic E-state index is 0.300. The molecule has 176 valence electrons. The van der Waals surface area contributed by atoms with Crippen molar-refractivity contribution in [2.75, 3.05) is 7.11 Å². The lowest BCUT2D eigenvalue weighted by atomic mass is 9.78. The number of carbonyl (C=O) groups is 1. The van der Waals surface area contributed by atoms with Gasteiger partial charge >= 0.3 is 0 Å². The zero-order valence-corrected chi connectivity index (χ0v) is 21.4. The number of amides is 1. The van der Waals surface area contributed by atoms with Crippen LogP contribution in [0.3, 0.4) is 0 Å². The third-order valence-electron chi connectivity index (χ3n) is 6.26. The number of allylic oxidation sites excluding steroid dienone is 2. The zero-order valence-electron chi connectivity index (χ0n) is 19.8. The molecular weight excluding hydrogens is 510 g/mol. The van der Waals surface area contributed by atoms with Crippen LogP contribution in [0, 0.1) is 0 Å². The van der Waals surface area contributed by atoms with Gasteiger partial charge in [-0.15, -0.1) is 0 Å². The Hall–Kier alpha value is -3.86. The van der Waals surface area contributed by atoms with Crippen LogP contribution in [0.2, 0.25) is 0 Å². The summed E-state index contributed by atoms with van der Waals surface area (Å²) < 4.78 is 7.13. The maximum Gasteiger partial charge on any atom is 0.277 e. The van der Waals surface area contributed by atoms with Gasteiger partial charge in [-0.05, 0) is 53.1 Å². The van der Waals surface area contributed by atoms with Gasteiger partial charge in [0.15, 0.2) is 0 Å². The van der Waals surface area contributed by atoms with Crippen LogP contribution in [0.15, 0.2) is 137 Å². The Morgan fingerprint density at radius 2 is 1.17 bits per heavy atom. The number of halogens is 1. The second-order valence-corrected chi connectivity index (χ2v) is 9.40. The Bertz CT molecular complexity index is 1400. The number of carbonyl (C=O) groups excluding carboxylic acids is 1. The second-order valence-electron chi connectivity index (χ2n) is 8.48. The SMILES string of the molecule is COC1(c2ccccc2)C=C(c2ccccc2)C(=NC(=O)c2ccc(Br)cc2)C(c2ccccc2)=C1. The summed E-state index contributed by atoms with van der Waals surface area (Å²) in [7, 11) is 1.71. The smallest absolute Gasteiger partial charge is 0.277 e. The number of aliphatic imine (C=N–C) groups is 1. The van der Waals surface area contributed by atoms with E-state index in [0.717, 1.165) is 32.3 Å². The molecule has 0 unspecified atom stereocenters. The lowest BCUT2D eigenvalue weighted by molar-refractivity contribution is 0.0732. The number of nitrogens with zero attached hydrogens (tertiary/aromatic N) is 1. The van der Waals surface area contributed by atoms with E-state index in [0.29, 0.717) is 11.3 Å². The molecule has 1 aliphatic carbocycles. The van der Waals surface area contributed by atoms with Crippen molar-refractivity contribution in [3.05, 3.63) is 154 Å². The average Bonchev–Trinajstić information content (AvgIpc) is 2.95. The first-order valence-corrected chi connectivity index (χ1v) is 12.5. The number of hydrogen-bond acceptors (Lipinski definition) is 2. The summed E-state index contributed by atoms with van der Waals surface area (Å²) in [4.78, 5) is 18.1. The molecule has 1 amide bonds. The van der Waals surface area contributed by atoms with Gasteiger partial charge in [0.25, 0.3) is 5.91 Å². The normalized spacial score (nSPS) is 17.2. The molecule has 0 N–H and O–H groups in total. The predicted molar refractivity (Wildman–Crippen MR) is 150 cm³/mol. The van der Waals surface area contributed by atoms with E-state index < -0.39 is 5.60 Å². The molecule has 0 atom stereocenters. The van der Waals surface area contributed by atoms with E-state index in [1.54, 1.807) is 19.2 Å². The molecular formula is C32H24BrNO2. The van der Waals surface area contributed by atoms with Crippen molar-refractivity contribution in [2.45, 2.75) is 5.60 Å². The van der Waals surface area contributed by atoms with Gasteiger partial charge < -0.3 is 4.74 Å². The van der Waals surface area contributed by atoms with Gasteiger partial charge in [-0.25, -0.2) is 4.99 Å². The summed E-state index contributed by atoms with van der Waals surface area (Å²) in [6, 6.07) is 37.4. The number of ether oxygens (including phenoxy) is 1. The maximum atomic E-state index is 13.4. The van der Waals surface area contributed by atoms with E-state index in [4.69, 9.17) is 9.73 Å². The van der Waals surface area contributed by atoms with Crippen molar-refractivity contribution in [2.24, 2.45) is 4.99 Å². The highest BCUT2D eigenvalue weighted by Crippen LogP contribution is 2.42.